The minimum absolute atomic E-state index is 0.0231. The number of hydrogen-bond donors (Lipinski definition) is 1. The van der Waals surface area contributed by atoms with Crippen LogP contribution in [0.1, 0.15) is 31.7 Å². The van der Waals surface area contributed by atoms with Crippen molar-refractivity contribution in [1.29, 1.82) is 0 Å². The van der Waals surface area contributed by atoms with Gasteiger partial charge in [-0.1, -0.05) is 55.4 Å². The summed E-state index contributed by atoms with van der Waals surface area (Å²) in [6.07, 6.45) is 1.72. The Morgan fingerprint density at radius 3 is 2.35 bits per heavy atom. The second-order valence-electron chi connectivity index (χ2n) is 8.57. The fourth-order valence-electron chi connectivity index (χ4n) is 3.95. The molecule has 0 aliphatic heterocycles. The van der Waals surface area contributed by atoms with Gasteiger partial charge in [0, 0.05) is 12.1 Å². The number of carbonyl (C=O) groups excluding carboxylic acids is 1. The molecule has 31 heavy (non-hydrogen) atoms. The van der Waals surface area contributed by atoms with Crippen molar-refractivity contribution in [3.05, 3.63) is 78.2 Å². The number of amides is 1. The van der Waals surface area contributed by atoms with Crippen LogP contribution < -0.4 is 14.8 Å². The number of hydrogen-bond acceptors (Lipinski definition) is 5. The predicted octanol–water partition coefficient (Wildman–Crippen LogP) is 4.41. The largest absolute Gasteiger partial charge is 0.486 e. The van der Waals surface area contributed by atoms with Gasteiger partial charge in [0.2, 0.25) is 0 Å². The molecule has 0 bridgehead atoms. The highest BCUT2D eigenvalue weighted by molar-refractivity contribution is 5.78. The van der Waals surface area contributed by atoms with Gasteiger partial charge >= 0.3 is 0 Å². The summed E-state index contributed by atoms with van der Waals surface area (Å²) in [5.41, 5.74) is 0.893. The number of ether oxygens (including phenoxy) is 2. The van der Waals surface area contributed by atoms with E-state index in [1.165, 1.54) is 0 Å². The molecular weight excluding hydrogens is 392 g/mol. The van der Waals surface area contributed by atoms with E-state index in [-0.39, 0.29) is 24.0 Å². The molecule has 0 radical (unpaired) electrons. The van der Waals surface area contributed by atoms with Crippen molar-refractivity contribution < 1.29 is 18.8 Å². The van der Waals surface area contributed by atoms with Crippen LogP contribution in [0.5, 0.6) is 11.5 Å². The van der Waals surface area contributed by atoms with Gasteiger partial charge in [0.05, 0.1) is 5.69 Å². The monoisotopic (exact) mass is 420 g/mol. The molecule has 0 spiro atoms. The van der Waals surface area contributed by atoms with Crippen molar-refractivity contribution in [2.24, 2.45) is 11.3 Å². The van der Waals surface area contributed by atoms with Gasteiger partial charge in [-0.05, 0) is 48.4 Å². The van der Waals surface area contributed by atoms with E-state index in [9.17, 15) is 4.79 Å². The fourth-order valence-corrected chi connectivity index (χ4v) is 3.95. The molecule has 1 amide bonds. The first-order chi connectivity index (χ1) is 15.0. The lowest BCUT2D eigenvalue weighted by Crippen LogP contribution is -2.59. The molecule has 2 aromatic carbocycles. The molecule has 6 nitrogen and oxygen atoms in total. The van der Waals surface area contributed by atoms with Crippen molar-refractivity contribution in [3.8, 4) is 11.5 Å². The minimum atomic E-state index is -0.0952. The highest BCUT2D eigenvalue weighted by Crippen LogP contribution is 2.47. The standard InChI is InChI=1S/C25H28N2O4/c1-25(2)18(14-23(25)26-24(28)17-30-21-11-7-4-8-12-21)13-19-15-22(31-27-19)16-29-20-9-5-3-6-10-20/h3-12,15,18,23H,13-14,16-17H2,1-2H3,(H,26,28)/t18-,23+/m1/s1. The third-order valence-electron chi connectivity index (χ3n) is 6.11. The van der Waals surface area contributed by atoms with Gasteiger partial charge in [-0.2, -0.15) is 0 Å². The summed E-state index contributed by atoms with van der Waals surface area (Å²) in [6, 6.07) is 21.1. The van der Waals surface area contributed by atoms with Gasteiger partial charge in [-0.3, -0.25) is 4.79 Å². The third-order valence-corrected chi connectivity index (χ3v) is 6.11. The number of carbonyl (C=O) groups is 1. The Morgan fingerprint density at radius 1 is 1.06 bits per heavy atom. The molecule has 1 aliphatic rings. The van der Waals surface area contributed by atoms with E-state index < -0.39 is 0 Å². The maximum atomic E-state index is 12.3. The van der Waals surface area contributed by atoms with Crippen LogP contribution in [0.3, 0.4) is 0 Å². The van der Waals surface area contributed by atoms with Gasteiger partial charge in [0.25, 0.3) is 5.91 Å². The summed E-state index contributed by atoms with van der Waals surface area (Å²) in [6.45, 7) is 4.74. The van der Waals surface area contributed by atoms with E-state index in [1.807, 2.05) is 66.7 Å². The lowest BCUT2D eigenvalue weighted by molar-refractivity contribution is -0.127. The highest BCUT2D eigenvalue weighted by atomic mass is 16.5. The van der Waals surface area contributed by atoms with Crippen molar-refractivity contribution in [1.82, 2.24) is 10.5 Å². The molecule has 0 unspecified atom stereocenters. The van der Waals surface area contributed by atoms with E-state index in [2.05, 4.69) is 24.3 Å². The Hall–Kier alpha value is -3.28. The quantitative estimate of drug-likeness (QED) is 0.555. The molecule has 2 atom stereocenters. The van der Waals surface area contributed by atoms with Crippen LogP contribution in [0.15, 0.2) is 71.3 Å². The van der Waals surface area contributed by atoms with Crippen molar-refractivity contribution in [2.75, 3.05) is 6.61 Å². The zero-order chi connectivity index (χ0) is 21.7. The first kappa shape index (κ1) is 21.0. The van der Waals surface area contributed by atoms with E-state index in [4.69, 9.17) is 14.0 Å². The number of para-hydroxylation sites is 2. The Balaban J connectivity index is 1.23. The summed E-state index contributed by atoms with van der Waals surface area (Å²) < 4.78 is 16.7. The predicted molar refractivity (Wildman–Crippen MR) is 117 cm³/mol. The fraction of sp³-hybridized carbons (Fsp3) is 0.360. The van der Waals surface area contributed by atoms with Crippen molar-refractivity contribution in [2.45, 2.75) is 39.3 Å². The van der Waals surface area contributed by atoms with Crippen LogP contribution in [-0.4, -0.2) is 23.7 Å². The van der Waals surface area contributed by atoms with Crippen LogP contribution in [0.2, 0.25) is 0 Å². The second-order valence-corrected chi connectivity index (χ2v) is 8.57. The maximum absolute atomic E-state index is 12.3. The van der Waals surface area contributed by atoms with Crippen LogP contribution in [0.4, 0.5) is 0 Å². The molecule has 1 saturated carbocycles. The first-order valence-corrected chi connectivity index (χ1v) is 10.6. The molecule has 6 heteroatoms. The number of rotatable bonds is 9. The van der Waals surface area contributed by atoms with Gasteiger partial charge < -0.3 is 19.3 Å². The SMILES string of the molecule is CC1(C)[C@H](Cc2cc(COc3ccccc3)on2)C[C@@H]1NC(=O)COc1ccccc1. The van der Waals surface area contributed by atoms with Crippen molar-refractivity contribution >= 4 is 5.91 Å². The zero-order valence-corrected chi connectivity index (χ0v) is 17.9. The number of benzene rings is 2. The molecule has 1 N–H and O–H groups in total. The highest BCUT2D eigenvalue weighted by Gasteiger charge is 2.48. The van der Waals surface area contributed by atoms with Crippen LogP contribution in [0, 0.1) is 11.3 Å². The van der Waals surface area contributed by atoms with E-state index in [1.54, 1.807) is 0 Å². The molecule has 3 aromatic rings. The van der Waals surface area contributed by atoms with Gasteiger partial charge in [0.1, 0.15) is 18.1 Å². The van der Waals surface area contributed by atoms with Crippen LogP contribution in [0.25, 0.3) is 0 Å². The second kappa shape index (κ2) is 9.25. The molecule has 1 aliphatic carbocycles. The van der Waals surface area contributed by atoms with Crippen molar-refractivity contribution in [3.63, 3.8) is 0 Å². The Bertz CT molecular complexity index is 985. The summed E-state index contributed by atoms with van der Waals surface area (Å²) in [5.74, 6) is 2.53. The van der Waals surface area contributed by atoms with E-state index >= 15 is 0 Å². The molecule has 4 rings (SSSR count). The molecule has 1 fully saturated rings. The summed E-state index contributed by atoms with van der Waals surface area (Å²) in [5, 5.41) is 7.31. The topological polar surface area (TPSA) is 73.6 Å². The maximum Gasteiger partial charge on any atom is 0.258 e. The smallest absolute Gasteiger partial charge is 0.258 e. The lowest BCUT2D eigenvalue weighted by Gasteiger charge is -2.52. The zero-order valence-electron chi connectivity index (χ0n) is 17.9. The van der Waals surface area contributed by atoms with Gasteiger partial charge in [0.15, 0.2) is 12.4 Å². The number of aromatic nitrogens is 1. The summed E-state index contributed by atoms with van der Waals surface area (Å²) in [4.78, 5) is 12.3. The van der Waals surface area contributed by atoms with Gasteiger partial charge in [-0.25, -0.2) is 0 Å². The third kappa shape index (κ3) is 5.26. The average Bonchev–Trinajstić information content (AvgIpc) is 3.24. The Labute approximate surface area is 182 Å². The molecule has 1 aromatic heterocycles. The average molecular weight is 421 g/mol. The first-order valence-electron chi connectivity index (χ1n) is 10.6. The molecule has 162 valence electrons. The van der Waals surface area contributed by atoms with Crippen LogP contribution in [-0.2, 0) is 17.8 Å². The molecular formula is C25H28N2O4. The Kier molecular flexibility index (Phi) is 6.26. The Morgan fingerprint density at radius 2 is 1.71 bits per heavy atom. The molecule has 1 heterocycles. The summed E-state index contributed by atoms with van der Waals surface area (Å²) in [7, 11) is 0. The number of nitrogens with zero attached hydrogens (tertiary/aromatic N) is 1. The lowest BCUT2D eigenvalue weighted by atomic mass is 9.57. The summed E-state index contributed by atoms with van der Waals surface area (Å²) >= 11 is 0. The normalized spacial score (nSPS) is 19.3. The van der Waals surface area contributed by atoms with E-state index in [0.29, 0.717) is 24.0 Å². The van der Waals surface area contributed by atoms with E-state index in [0.717, 1.165) is 24.3 Å². The van der Waals surface area contributed by atoms with Gasteiger partial charge in [-0.15, -0.1) is 0 Å². The number of nitrogens with one attached hydrogen (secondary N) is 1. The molecule has 0 saturated heterocycles. The minimum Gasteiger partial charge on any atom is -0.486 e. The van der Waals surface area contributed by atoms with Crippen LogP contribution >= 0.6 is 0 Å².